The monoisotopic (exact) mass is 491 g/mol. The molecule has 3 amide bonds. The van der Waals surface area contributed by atoms with Crippen molar-refractivity contribution < 1.29 is 24.2 Å². The Bertz CT molecular complexity index is 1120. The van der Waals surface area contributed by atoms with Crippen LogP contribution in [0.2, 0.25) is 0 Å². The number of hydrogen-bond acceptors (Lipinski definition) is 5. The lowest BCUT2D eigenvalue weighted by molar-refractivity contribution is -0.145. The molecule has 36 heavy (non-hydrogen) atoms. The van der Waals surface area contributed by atoms with E-state index in [9.17, 15) is 19.5 Å². The lowest BCUT2D eigenvalue weighted by Crippen LogP contribution is -2.59. The third-order valence-corrected chi connectivity index (χ3v) is 7.68. The Morgan fingerprint density at radius 3 is 2.39 bits per heavy atom. The van der Waals surface area contributed by atoms with Gasteiger partial charge < -0.3 is 25.4 Å². The fourth-order valence-electron chi connectivity index (χ4n) is 6.33. The van der Waals surface area contributed by atoms with Crippen LogP contribution in [0.15, 0.2) is 60.7 Å². The maximum absolute atomic E-state index is 14.1. The van der Waals surface area contributed by atoms with Crippen molar-refractivity contribution in [1.29, 1.82) is 0 Å². The van der Waals surface area contributed by atoms with Crippen LogP contribution in [-0.2, 0) is 25.5 Å². The van der Waals surface area contributed by atoms with Crippen LogP contribution in [0.5, 0.6) is 0 Å². The number of amides is 3. The maximum atomic E-state index is 14.1. The first-order valence-electron chi connectivity index (χ1n) is 12.7. The van der Waals surface area contributed by atoms with Gasteiger partial charge in [0.15, 0.2) is 0 Å². The average Bonchev–Trinajstić information content (AvgIpc) is 3.51. The highest BCUT2D eigenvalue weighted by Crippen LogP contribution is 2.59. The number of benzene rings is 2. The van der Waals surface area contributed by atoms with Gasteiger partial charge in [0.2, 0.25) is 17.7 Å². The Hall–Kier alpha value is -3.23. The van der Waals surface area contributed by atoms with Gasteiger partial charge in [0.25, 0.3) is 0 Å². The summed E-state index contributed by atoms with van der Waals surface area (Å²) in [5.74, 6) is -2.38. The van der Waals surface area contributed by atoms with Crippen LogP contribution in [0.4, 0.5) is 5.69 Å². The lowest BCUT2D eigenvalue weighted by atomic mass is 9.70. The molecule has 8 heteroatoms. The number of para-hydroxylation sites is 1. The molecule has 2 aromatic carbocycles. The molecule has 3 aliphatic heterocycles. The second kappa shape index (κ2) is 9.67. The number of fused-ring (bicyclic) bond motifs is 1. The Balaban J connectivity index is 1.51. The van der Waals surface area contributed by atoms with Crippen LogP contribution in [0, 0.1) is 11.8 Å². The number of likely N-dealkylation sites (tertiary alicyclic amines) is 1. The van der Waals surface area contributed by atoms with E-state index in [-0.39, 0.29) is 30.4 Å². The van der Waals surface area contributed by atoms with E-state index in [1.807, 2.05) is 62.4 Å². The van der Waals surface area contributed by atoms with Crippen molar-refractivity contribution in [2.24, 2.45) is 11.8 Å². The number of nitrogens with one attached hydrogen (secondary N) is 2. The van der Waals surface area contributed by atoms with Gasteiger partial charge in [-0.05, 0) is 50.8 Å². The number of carbonyl (C=O) groups excluding carboxylic acids is 3. The number of rotatable bonds is 8. The Morgan fingerprint density at radius 2 is 1.75 bits per heavy atom. The molecule has 3 fully saturated rings. The molecule has 1 spiro atoms. The number of ether oxygens (including phenoxy) is 1. The maximum Gasteiger partial charge on any atom is 0.246 e. The zero-order valence-electron chi connectivity index (χ0n) is 20.6. The van der Waals surface area contributed by atoms with Crippen LogP contribution in [0.25, 0.3) is 0 Å². The van der Waals surface area contributed by atoms with Crippen molar-refractivity contribution in [2.45, 2.75) is 62.9 Å². The second-order valence-electron chi connectivity index (χ2n) is 10.3. The summed E-state index contributed by atoms with van der Waals surface area (Å²) in [6.07, 6.45) is 1.07. The summed E-state index contributed by atoms with van der Waals surface area (Å²) in [6.45, 7) is 3.43. The second-order valence-corrected chi connectivity index (χ2v) is 10.3. The van der Waals surface area contributed by atoms with Crippen molar-refractivity contribution in [2.75, 3.05) is 11.9 Å². The van der Waals surface area contributed by atoms with E-state index in [2.05, 4.69) is 10.6 Å². The van der Waals surface area contributed by atoms with Gasteiger partial charge >= 0.3 is 0 Å². The number of hydrogen-bond donors (Lipinski definition) is 3. The summed E-state index contributed by atoms with van der Waals surface area (Å²) in [6, 6.07) is 17.0. The molecule has 0 saturated carbocycles. The van der Waals surface area contributed by atoms with Gasteiger partial charge in [0, 0.05) is 11.7 Å². The molecule has 2 bridgehead atoms. The first-order valence-corrected chi connectivity index (χ1v) is 12.7. The molecule has 190 valence electrons. The molecule has 0 radical (unpaired) electrons. The number of nitrogens with zero attached hydrogens (tertiary/aromatic N) is 1. The lowest BCUT2D eigenvalue weighted by Gasteiger charge is -2.37. The van der Waals surface area contributed by atoms with Crippen LogP contribution in [-0.4, -0.2) is 64.2 Å². The smallest absolute Gasteiger partial charge is 0.246 e. The first-order chi connectivity index (χ1) is 17.4. The minimum absolute atomic E-state index is 0.137. The fraction of sp³-hybridized carbons (Fsp3) is 0.464. The van der Waals surface area contributed by atoms with Crippen molar-refractivity contribution in [3.8, 4) is 0 Å². The molecule has 3 heterocycles. The molecule has 0 aromatic heterocycles. The van der Waals surface area contributed by atoms with Gasteiger partial charge in [-0.15, -0.1) is 0 Å². The van der Waals surface area contributed by atoms with Gasteiger partial charge in [-0.2, -0.15) is 0 Å². The third-order valence-electron chi connectivity index (χ3n) is 7.68. The molecule has 5 rings (SSSR count). The highest BCUT2D eigenvalue weighted by molar-refractivity contribution is 6.02. The quantitative estimate of drug-likeness (QED) is 0.524. The summed E-state index contributed by atoms with van der Waals surface area (Å²) in [4.78, 5) is 42.7. The standard InChI is InChI=1S/C28H33N3O5/c1-17(2)29-26(34)24-28-14-13-21(36-28)22(25(33)30-19-11-7-4-8-12-19)23(28)27(35)31(24)20(16-32)15-18-9-5-3-6-10-18/h3-12,17,20-24,32H,13-16H2,1-2H3,(H,29,34)(H,30,33)/t20-,21+,22-,23+,24?,28?/m1/s1. The minimum atomic E-state index is -1.09. The van der Waals surface area contributed by atoms with Gasteiger partial charge in [0.05, 0.1) is 30.6 Å². The summed E-state index contributed by atoms with van der Waals surface area (Å²) in [7, 11) is 0. The van der Waals surface area contributed by atoms with E-state index >= 15 is 0 Å². The fourth-order valence-corrected chi connectivity index (χ4v) is 6.33. The SMILES string of the molecule is CC(C)NC(=O)C1N([C@@H](CO)Cc2ccccc2)C(=O)[C@@H]2[C@H](C(=O)Nc3ccccc3)[C@@H]3CCC12O3. The Kier molecular flexibility index (Phi) is 6.57. The van der Waals surface area contributed by atoms with E-state index < -0.39 is 35.6 Å². The molecule has 0 aliphatic carbocycles. The molecular weight excluding hydrogens is 458 g/mol. The van der Waals surface area contributed by atoms with Crippen LogP contribution < -0.4 is 10.6 Å². The zero-order chi connectivity index (χ0) is 25.4. The first kappa shape index (κ1) is 24.5. The van der Waals surface area contributed by atoms with Gasteiger partial charge in [0.1, 0.15) is 11.6 Å². The highest BCUT2D eigenvalue weighted by Gasteiger charge is 2.75. The molecule has 2 aromatic rings. The number of aliphatic hydroxyl groups excluding tert-OH is 1. The summed E-state index contributed by atoms with van der Waals surface area (Å²) < 4.78 is 6.45. The Morgan fingerprint density at radius 1 is 1.08 bits per heavy atom. The summed E-state index contributed by atoms with van der Waals surface area (Å²) in [5.41, 5.74) is 0.502. The highest BCUT2D eigenvalue weighted by atomic mass is 16.5. The number of carbonyl (C=O) groups is 3. The van der Waals surface area contributed by atoms with Crippen LogP contribution in [0.3, 0.4) is 0 Å². The molecular formula is C28H33N3O5. The van der Waals surface area contributed by atoms with Crippen molar-refractivity contribution >= 4 is 23.4 Å². The van der Waals surface area contributed by atoms with Crippen LogP contribution >= 0.6 is 0 Å². The summed E-state index contributed by atoms with van der Waals surface area (Å²) in [5, 5.41) is 16.3. The van der Waals surface area contributed by atoms with E-state index in [0.29, 0.717) is 24.9 Å². The minimum Gasteiger partial charge on any atom is -0.394 e. The van der Waals surface area contributed by atoms with Crippen molar-refractivity contribution in [3.05, 3.63) is 66.2 Å². The molecule has 8 nitrogen and oxygen atoms in total. The third kappa shape index (κ3) is 4.08. The zero-order valence-corrected chi connectivity index (χ0v) is 20.6. The molecule has 3 aliphatic rings. The topological polar surface area (TPSA) is 108 Å². The molecule has 3 saturated heterocycles. The van der Waals surface area contributed by atoms with E-state index in [0.717, 1.165) is 5.56 Å². The van der Waals surface area contributed by atoms with Gasteiger partial charge in [-0.25, -0.2) is 0 Å². The average molecular weight is 492 g/mol. The number of anilines is 1. The molecule has 6 atom stereocenters. The molecule has 2 unspecified atom stereocenters. The van der Waals surface area contributed by atoms with Crippen molar-refractivity contribution in [3.63, 3.8) is 0 Å². The van der Waals surface area contributed by atoms with E-state index in [1.165, 1.54) is 4.90 Å². The van der Waals surface area contributed by atoms with E-state index in [4.69, 9.17) is 4.74 Å². The van der Waals surface area contributed by atoms with Gasteiger partial charge in [-0.1, -0.05) is 48.5 Å². The predicted molar refractivity (Wildman–Crippen MR) is 134 cm³/mol. The Labute approximate surface area is 211 Å². The van der Waals surface area contributed by atoms with Crippen LogP contribution in [0.1, 0.15) is 32.3 Å². The summed E-state index contributed by atoms with van der Waals surface area (Å²) >= 11 is 0. The van der Waals surface area contributed by atoms with E-state index in [1.54, 1.807) is 12.1 Å². The molecule has 3 N–H and O–H groups in total. The normalized spacial score (nSPS) is 29.3. The largest absolute Gasteiger partial charge is 0.394 e. The predicted octanol–water partition coefficient (Wildman–Crippen LogP) is 2.13. The van der Waals surface area contributed by atoms with Gasteiger partial charge in [-0.3, -0.25) is 14.4 Å². The number of aliphatic hydroxyl groups is 1. The van der Waals surface area contributed by atoms with Crippen molar-refractivity contribution in [1.82, 2.24) is 10.2 Å².